The van der Waals surface area contributed by atoms with Crippen molar-refractivity contribution in [2.75, 3.05) is 33.5 Å². The molecule has 4 rings (SSSR count). The second-order valence-electron chi connectivity index (χ2n) is 6.83. The first kappa shape index (κ1) is 16.5. The Morgan fingerprint density at radius 2 is 2.00 bits per heavy atom. The van der Waals surface area contributed by atoms with E-state index in [2.05, 4.69) is 5.32 Å². The number of carbonyl (C=O) groups excluding carboxylic acids is 1. The van der Waals surface area contributed by atoms with Gasteiger partial charge in [-0.05, 0) is 31.4 Å². The molecule has 1 aromatic carbocycles. The van der Waals surface area contributed by atoms with Crippen molar-refractivity contribution in [2.24, 2.45) is 5.41 Å². The molecule has 1 aliphatic carbocycles. The van der Waals surface area contributed by atoms with Crippen molar-refractivity contribution < 1.29 is 28.8 Å². The molecule has 2 N–H and O–H groups in total. The lowest BCUT2D eigenvalue weighted by Crippen LogP contribution is -2.65. The number of rotatable bonds is 3. The van der Waals surface area contributed by atoms with Crippen LogP contribution in [-0.2, 0) is 4.74 Å². The van der Waals surface area contributed by atoms with Crippen LogP contribution in [0.15, 0.2) is 12.1 Å². The minimum absolute atomic E-state index is 0.0434. The van der Waals surface area contributed by atoms with Gasteiger partial charge in [0.2, 0.25) is 5.75 Å². The molecular formula is C18H23NO6. The summed E-state index contributed by atoms with van der Waals surface area (Å²) in [5.74, 6) is 1.34. The average molecular weight is 349 g/mol. The highest BCUT2D eigenvalue weighted by Gasteiger charge is 2.55. The minimum atomic E-state index is -0.378. The van der Waals surface area contributed by atoms with Crippen molar-refractivity contribution in [2.45, 2.75) is 31.4 Å². The van der Waals surface area contributed by atoms with Crippen LogP contribution in [0.1, 0.15) is 29.6 Å². The number of hydrogen-bond donors (Lipinski definition) is 2. The van der Waals surface area contributed by atoms with Crippen LogP contribution < -0.4 is 19.5 Å². The number of amides is 1. The van der Waals surface area contributed by atoms with Gasteiger partial charge in [-0.15, -0.1) is 0 Å². The summed E-state index contributed by atoms with van der Waals surface area (Å²) in [5, 5.41) is 13.3. The van der Waals surface area contributed by atoms with E-state index in [0.717, 1.165) is 12.8 Å². The van der Waals surface area contributed by atoms with E-state index in [0.29, 0.717) is 55.7 Å². The van der Waals surface area contributed by atoms with Crippen molar-refractivity contribution >= 4 is 5.91 Å². The molecule has 2 fully saturated rings. The van der Waals surface area contributed by atoms with E-state index in [1.807, 2.05) is 0 Å². The van der Waals surface area contributed by atoms with E-state index >= 15 is 0 Å². The second kappa shape index (κ2) is 6.38. The van der Waals surface area contributed by atoms with E-state index < -0.39 is 0 Å². The molecule has 1 saturated heterocycles. The summed E-state index contributed by atoms with van der Waals surface area (Å²) < 4.78 is 21.9. The van der Waals surface area contributed by atoms with Gasteiger partial charge in [-0.25, -0.2) is 0 Å². The monoisotopic (exact) mass is 349 g/mol. The normalized spacial score (nSPS) is 26.6. The van der Waals surface area contributed by atoms with E-state index in [1.165, 1.54) is 7.11 Å². The second-order valence-corrected chi connectivity index (χ2v) is 6.83. The predicted molar refractivity (Wildman–Crippen MR) is 88.3 cm³/mol. The highest BCUT2D eigenvalue weighted by Crippen LogP contribution is 2.49. The fourth-order valence-electron chi connectivity index (χ4n) is 4.05. The third-order valence-electron chi connectivity index (χ3n) is 5.64. The number of carbonyl (C=O) groups is 1. The predicted octanol–water partition coefficient (Wildman–Crippen LogP) is 1.13. The quantitative estimate of drug-likeness (QED) is 0.851. The van der Waals surface area contributed by atoms with Crippen molar-refractivity contribution in [3.8, 4) is 17.2 Å². The molecule has 0 aromatic heterocycles. The number of fused-ring (bicyclic) bond motifs is 1. The Balaban J connectivity index is 1.53. The molecule has 2 atom stereocenters. The van der Waals surface area contributed by atoms with Crippen molar-refractivity contribution in [1.29, 1.82) is 0 Å². The number of aliphatic hydroxyl groups excluding tert-OH is 1. The third kappa shape index (κ3) is 2.71. The molecule has 7 nitrogen and oxygen atoms in total. The van der Waals surface area contributed by atoms with Gasteiger partial charge < -0.3 is 29.4 Å². The SMILES string of the molecule is COc1cc(C(=O)N[C@@H]2C[C@@H](O)C23CCOCC3)cc2c1OCCO2. The summed E-state index contributed by atoms with van der Waals surface area (Å²) in [7, 11) is 1.54. The summed E-state index contributed by atoms with van der Waals surface area (Å²) in [5.41, 5.74) is 0.205. The molecule has 7 heteroatoms. The van der Waals surface area contributed by atoms with Gasteiger partial charge in [0.15, 0.2) is 11.5 Å². The topological polar surface area (TPSA) is 86.3 Å². The Morgan fingerprint density at radius 3 is 2.72 bits per heavy atom. The molecule has 25 heavy (non-hydrogen) atoms. The van der Waals surface area contributed by atoms with Crippen LogP contribution in [0.5, 0.6) is 17.2 Å². The Labute approximate surface area is 146 Å². The Kier molecular flexibility index (Phi) is 4.21. The van der Waals surface area contributed by atoms with Gasteiger partial charge in [-0.1, -0.05) is 0 Å². The first-order chi connectivity index (χ1) is 12.1. The highest BCUT2D eigenvalue weighted by molar-refractivity contribution is 5.96. The van der Waals surface area contributed by atoms with Crippen LogP contribution in [0, 0.1) is 5.41 Å². The molecule has 2 heterocycles. The first-order valence-corrected chi connectivity index (χ1v) is 8.68. The van der Waals surface area contributed by atoms with Crippen LogP contribution in [-0.4, -0.2) is 56.7 Å². The van der Waals surface area contributed by atoms with Crippen molar-refractivity contribution in [3.05, 3.63) is 17.7 Å². The molecule has 1 amide bonds. The van der Waals surface area contributed by atoms with Gasteiger partial charge >= 0.3 is 0 Å². The van der Waals surface area contributed by atoms with Crippen LogP contribution in [0.3, 0.4) is 0 Å². The number of methoxy groups -OCH3 is 1. The third-order valence-corrected chi connectivity index (χ3v) is 5.64. The average Bonchev–Trinajstić information content (AvgIpc) is 2.67. The fourth-order valence-corrected chi connectivity index (χ4v) is 4.05. The molecule has 3 aliphatic rings. The van der Waals surface area contributed by atoms with Crippen LogP contribution in [0.25, 0.3) is 0 Å². The van der Waals surface area contributed by atoms with Gasteiger partial charge in [-0.3, -0.25) is 4.79 Å². The van der Waals surface area contributed by atoms with Gasteiger partial charge in [-0.2, -0.15) is 0 Å². The first-order valence-electron chi connectivity index (χ1n) is 8.68. The molecule has 0 bridgehead atoms. The number of aliphatic hydroxyl groups is 1. The zero-order valence-corrected chi connectivity index (χ0v) is 14.2. The van der Waals surface area contributed by atoms with Gasteiger partial charge in [0, 0.05) is 30.2 Å². The van der Waals surface area contributed by atoms with E-state index in [-0.39, 0.29) is 23.5 Å². The van der Waals surface area contributed by atoms with Gasteiger partial charge in [0.1, 0.15) is 13.2 Å². The van der Waals surface area contributed by atoms with Crippen LogP contribution >= 0.6 is 0 Å². The molecule has 136 valence electrons. The molecule has 1 spiro atoms. The molecule has 1 saturated carbocycles. The van der Waals surface area contributed by atoms with Crippen molar-refractivity contribution in [1.82, 2.24) is 5.32 Å². The standard InChI is InChI=1S/C18H23NO6/c1-22-12-8-11(9-13-16(12)25-7-6-24-13)17(21)19-14-10-15(20)18(14)2-4-23-5-3-18/h8-9,14-15,20H,2-7,10H2,1H3,(H,19,21)/t14-,15-/m1/s1. The van der Waals surface area contributed by atoms with Gasteiger partial charge in [0.25, 0.3) is 5.91 Å². The molecule has 0 unspecified atom stereocenters. The summed E-state index contributed by atoms with van der Waals surface area (Å²) in [6, 6.07) is 3.30. The lowest BCUT2D eigenvalue weighted by molar-refractivity contribution is -0.145. The maximum absolute atomic E-state index is 12.8. The summed E-state index contributed by atoms with van der Waals surface area (Å²) in [6.45, 7) is 2.15. The lowest BCUT2D eigenvalue weighted by Gasteiger charge is -2.55. The number of ether oxygens (including phenoxy) is 4. The molecular weight excluding hydrogens is 326 g/mol. The zero-order valence-electron chi connectivity index (χ0n) is 14.2. The Morgan fingerprint density at radius 1 is 1.24 bits per heavy atom. The van der Waals surface area contributed by atoms with Crippen LogP contribution in [0.2, 0.25) is 0 Å². The molecule has 0 radical (unpaired) electrons. The Bertz CT molecular complexity index is 653. The maximum Gasteiger partial charge on any atom is 0.251 e. The summed E-state index contributed by atoms with van der Waals surface area (Å²) in [6.07, 6.45) is 1.73. The van der Waals surface area contributed by atoms with E-state index in [1.54, 1.807) is 12.1 Å². The lowest BCUT2D eigenvalue weighted by atomic mass is 9.58. The zero-order chi connectivity index (χ0) is 17.4. The summed E-state index contributed by atoms with van der Waals surface area (Å²) in [4.78, 5) is 12.8. The molecule has 2 aliphatic heterocycles. The van der Waals surface area contributed by atoms with Crippen molar-refractivity contribution in [3.63, 3.8) is 0 Å². The number of benzene rings is 1. The number of nitrogens with one attached hydrogen (secondary N) is 1. The largest absolute Gasteiger partial charge is 0.493 e. The summed E-state index contributed by atoms with van der Waals surface area (Å²) >= 11 is 0. The van der Waals surface area contributed by atoms with E-state index in [4.69, 9.17) is 18.9 Å². The minimum Gasteiger partial charge on any atom is -0.493 e. The Hall–Kier alpha value is -1.99. The number of hydrogen-bond acceptors (Lipinski definition) is 6. The van der Waals surface area contributed by atoms with Crippen LogP contribution in [0.4, 0.5) is 0 Å². The van der Waals surface area contributed by atoms with E-state index in [9.17, 15) is 9.90 Å². The molecule has 1 aromatic rings. The maximum atomic E-state index is 12.8. The fraction of sp³-hybridized carbons (Fsp3) is 0.611. The highest BCUT2D eigenvalue weighted by atomic mass is 16.6. The smallest absolute Gasteiger partial charge is 0.251 e. The van der Waals surface area contributed by atoms with Gasteiger partial charge in [0.05, 0.1) is 13.2 Å².